The molecular formula is C55H36N2O2. The Balaban J connectivity index is 0.992. The van der Waals surface area contributed by atoms with Gasteiger partial charge in [0, 0.05) is 28.0 Å². The van der Waals surface area contributed by atoms with Gasteiger partial charge in [-0.2, -0.15) is 0 Å². The highest BCUT2D eigenvalue weighted by atomic mass is 16.4. The Morgan fingerprint density at radius 3 is 1.47 bits per heavy atom. The Bertz CT molecular complexity index is 3230. The maximum absolute atomic E-state index is 6.45. The van der Waals surface area contributed by atoms with Crippen LogP contribution in [0.15, 0.2) is 227 Å². The van der Waals surface area contributed by atoms with Gasteiger partial charge in [0.05, 0.1) is 5.39 Å². The number of nitrogens with zero attached hydrogens (tertiary/aromatic N) is 2. The summed E-state index contributed by atoms with van der Waals surface area (Å²) in [5.74, 6) is 0.601. The molecule has 0 saturated carbocycles. The van der Waals surface area contributed by atoms with Crippen LogP contribution in [0.2, 0.25) is 0 Å². The highest BCUT2D eigenvalue weighted by Gasteiger charge is 2.19. The number of anilines is 3. The molecule has 0 N–H and O–H groups in total. The van der Waals surface area contributed by atoms with Gasteiger partial charge in [-0.3, -0.25) is 0 Å². The van der Waals surface area contributed by atoms with Crippen LogP contribution in [0, 0.1) is 0 Å². The molecule has 0 aliphatic carbocycles. The monoisotopic (exact) mass is 756 g/mol. The number of rotatable bonds is 8. The van der Waals surface area contributed by atoms with Gasteiger partial charge in [-0.1, -0.05) is 146 Å². The van der Waals surface area contributed by atoms with Crippen molar-refractivity contribution in [2.75, 3.05) is 4.90 Å². The summed E-state index contributed by atoms with van der Waals surface area (Å²) in [5.41, 5.74) is 16.5. The number of aromatic nitrogens is 1. The maximum Gasteiger partial charge on any atom is 0.227 e. The van der Waals surface area contributed by atoms with E-state index in [4.69, 9.17) is 13.8 Å². The third-order valence-corrected chi connectivity index (χ3v) is 11.1. The molecule has 11 rings (SSSR count). The minimum absolute atomic E-state index is 0.601. The van der Waals surface area contributed by atoms with Crippen molar-refractivity contribution < 1.29 is 8.83 Å². The zero-order valence-corrected chi connectivity index (χ0v) is 32.0. The molecule has 0 aliphatic heterocycles. The first-order chi connectivity index (χ1) is 29.2. The third kappa shape index (κ3) is 6.34. The smallest absolute Gasteiger partial charge is 0.227 e. The van der Waals surface area contributed by atoms with Gasteiger partial charge < -0.3 is 13.7 Å². The van der Waals surface area contributed by atoms with Gasteiger partial charge in [0.1, 0.15) is 16.7 Å². The van der Waals surface area contributed by atoms with Crippen molar-refractivity contribution >= 4 is 50.1 Å². The molecule has 0 amide bonds. The van der Waals surface area contributed by atoms with Crippen LogP contribution in [0.3, 0.4) is 0 Å². The van der Waals surface area contributed by atoms with E-state index in [1.807, 2.05) is 42.5 Å². The molecule has 0 bridgehead atoms. The molecule has 2 heterocycles. The maximum atomic E-state index is 6.45. The Morgan fingerprint density at radius 1 is 0.339 bits per heavy atom. The second kappa shape index (κ2) is 14.5. The summed E-state index contributed by atoms with van der Waals surface area (Å²) < 4.78 is 12.8. The first-order valence-corrected chi connectivity index (χ1v) is 19.9. The second-order valence-electron chi connectivity index (χ2n) is 14.7. The molecule has 11 aromatic rings. The fourth-order valence-corrected chi connectivity index (χ4v) is 8.21. The van der Waals surface area contributed by atoms with Gasteiger partial charge in [-0.05, 0) is 117 Å². The van der Waals surface area contributed by atoms with Crippen molar-refractivity contribution in [3.8, 4) is 56.0 Å². The quantitative estimate of drug-likeness (QED) is 0.155. The second-order valence-corrected chi connectivity index (χ2v) is 14.7. The minimum atomic E-state index is 0.601. The van der Waals surface area contributed by atoms with Gasteiger partial charge in [0.25, 0.3) is 0 Å². The van der Waals surface area contributed by atoms with E-state index in [9.17, 15) is 0 Å². The molecule has 0 atom stereocenters. The first-order valence-electron chi connectivity index (χ1n) is 19.9. The van der Waals surface area contributed by atoms with Crippen LogP contribution < -0.4 is 4.90 Å². The molecule has 0 spiro atoms. The zero-order valence-electron chi connectivity index (χ0n) is 32.0. The van der Waals surface area contributed by atoms with E-state index < -0.39 is 0 Å². The number of hydrogen-bond donors (Lipinski definition) is 0. The molecule has 0 fully saturated rings. The highest BCUT2D eigenvalue weighted by Crippen LogP contribution is 2.43. The summed E-state index contributed by atoms with van der Waals surface area (Å²) in [5, 5.41) is 1.94. The third-order valence-electron chi connectivity index (χ3n) is 11.1. The predicted octanol–water partition coefficient (Wildman–Crippen LogP) is 15.5. The lowest BCUT2D eigenvalue weighted by molar-refractivity contribution is 0.622. The van der Waals surface area contributed by atoms with E-state index in [1.165, 1.54) is 33.4 Å². The number of furan rings is 1. The van der Waals surface area contributed by atoms with E-state index in [-0.39, 0.29) is 0 Å². The van der Waals surface area contributed by atoms with Crippen molar-refractivity contribution in [3.63, 3.8) is 0 Å². The van der Waals surface area contributed by atoms with E-state index >= 15 is 0 Å². The molecule has 2 aromatic heterocycles. The van der Waals surface area contributed by atoms with E-state index in [1.54, 1.807) is 0 Å². The number of benzene rings is 9. The summed E-state index contributed by atoms with van der Waals surface area (Å²) in [4.78, 5) is 7.14. The Morgan fingerprint density at radius 2 is 0.847 bits per heavy atom. The molecule has 0 aliphatic rings. The summed E-state index contributed by atoms with van der Waals surface area (Å²) in [6.45, 7) is 0. The lowest BCUT2D eigenvalue weighted by Crippen LogP contribution is -2.10. The molecule has 59 heavy (non-hydrogen) atoms. The summed E-state index contributed by atoms with van der Waals surface area (Å²) >= 11 is 0. The number of hydrogen-bond acceptors (Lipinski definition) is 4. The average molecular weight is 757 g/mol. The fraction of sp³-hybridized carbons (Fsp3) is 0. The van der Waals surface area contributed by atoms with Crippen molar-refractivity contribution in [1.82, 2.24) is 4.98 Å². The van der Waals surface area contributed by atoms with Crippen LogP contribution in [0.25, 0.3) is 89.0 Å². The van der Waals surface area contributed by atoms with E-state index in [2.05, 4.69) is 181 Å². The predicted molar refractivity (Wildman–Crippen MR) is 243 cm³/mol. The highest BCUT2D eigenvalue weighted by molar-refractivity contribution is 6.16. The van der Waals surface area contributed by atoms with Crippen molar-refractivity contribution in [3.05, 3.63) is 218 Å². The van der Waals surface area contributed by atoms with Crippen LogP contribution >= 0.6 is 0 Å². The van der Waals surface area contributed by atoms with Crippen LogP contribution in [-0.2, 0) is 0 Å². The van der Waals surface area contributed by atoms with Crippen molar-refractivity contribution in [2.24, 2.45) is 0 Å². The molecule has 0 saturated heterocycles. The van der Waals surface area contributed by atoms with E-state index in [0.29, 0.717) is 5.89 Å². The van der Waals surface area contributed by atoms with Gasteiger partial charge in [-0.25, -0.2) is 4.98 Å². The fourth-order valence-electron chi connectivity index (χ4n) is 8.21. The van der Waals surface area contributed by atoms with Crippen LogP contribution in [0.5, 0.6) is 0 Å². The van der Waals surface area contributed by atoms with Crippen LogP contribution in [-0.4, -0.2) is 4.98 Å². The largest absolute Gasteiger partial charge is 0.456 e. The van der Waals surface area contributed by atoms with Crippen LogP contribution in [0.1, 0.15) is 0 Å². The van der Waals surface area contributed by atoms with E-state index in [0.717, 1.165) is 66.8 Å². The number of fused-ring (bicyclic) bond motifs is 5. The van der Waals surface area contributed by atoms with Crippen molar-refractivity contribution in [2.45, 2.75) is 0 Å². The van der Waals surface area contributed by atoms with Gasteiger partial charge in [0.15, 0.2) is 5.58 Å². The molecule has 0 unspecified atom stereocenters. The van der Waals surface area contributed by atoms with Gasteiger partial charge in [-0.15, -0.1) is 0 Å². The molecular weight excluding hydrogens is 721 g/mol. The van der Waals surface area contributed by atoms with Gasteiger partial charge in [0.2, 0.25) is 5.89 Å². The molecule has 278 valence electrons. The lowest BCUT2D eigenvalue weighted by Gasteiger charge is -2.27. The Labute approximate surface area is 341 Å². The molecule has 0 radical (unpaired) electrons. The van der Waals surface area contributed by atoms with Gasteiger partial charge >= 0.3 is 0 Å². The van der Waals surface area contributed by atoms with Crippen molar-refractivity contribution in [1.29, 1.82) is 0 Å². The standard InChI is InChI=1S/C55H36N2O2/c1-5-13-37(14-6-1)38-21-26-44(27-22-38)57(46-30-32-47(40-15-7-2-8-16-40)49(36-46)41-17-9-3-10-18-41)45-28-23-39(24-29-45)43-25-31-48-52(35-43)58-51-34-33-50-54(53(48)51)59-55(56-50)42-19-11-4-12-20-42/h1-36H. The minimum Gasteiger partial charge on any atom is -0.456 e. The number of oxazole rings is 1. The SMILES string of the molecule is c1ccc(-c2ccc(N(c3ccc(-c4ccc5c(c4)oc4ccc6nc(-c7ccccc7)oc6c45)cc3)c3ccc(-c4ccccc4)c(-c4ccccc4)c3)cc2)cc1. The molecule has 4 heteroatoms. The normalized spacial score (nSPS) is 11.4. The molecule has 4 nitrogen and oxygen atoms in total. The Hall–Kier alpha value is -7.95. The summed E-state index contributed by atoms with van der Waals surface area (Å²) in [6.07, 6.45) is 0. The summed E-state index contributed by atoms with van der Waals surface area (Å²) in [7, 11) is 0. The lowest BCUT2D eigenvalue weighted by atomic mass is 9.93. The molecule has 9 aromatic carbocycles. The summed E-state index contributed by atoms with van der Waals surface area (Å²) in [6, 6.07) is 76.6. The topological polar surface area (TPSA) is 42.4 Å². The zero-order chi connectivity index (χ0) is 39.1. The first kappa shape index (κ1) is 34.3. The Kier molecular flexibility index (Phi) is 8.45. The average Bonchev–Trinajstić information content (AvgIpc) is 3.92. The van der Waals surface area contributed by atoms with Crippen LogP contribution in [0.4, 0.5) is 17.1 Å².